The second kappa shape index (κ2) is 8.94. The molecule has 1 fully saturated rings. The van der Waals surface area contributed by atoms with Crippen molar-refractivity contribution in [3.63, 3.8) is 0 Å². The lowest BCUT2D eigenvalue weighted by Crippen LogP contribution is -2.44. The number of amides is 1. The number of hydrogen-bond acceptors (Lipinski definition) is 5. The van der Waals surface area contributed by atoms with E-state index < -0.39 is 0 Å². The molecule has 0 aliphatic carbocycles. The lowest BCUT2D eigenvalue weighted by molar-refractivity contribution is -0.123. The Hall–Kier alpha value is -1.96. The van der Waals surface area contributed by atoms with Crippen LogP contribution < -0.4 is 10.1 Å². The normalized spacial score (nSPS) is 16.4. The average molecular weight is 364 g/mol. The Morgan fingerprint density at radius 1 is 1.28 bits per heavy atom. The monoisotopic (exact) mass is 364 g/mol. The van der Waals surface area contributed by atoms with Crippen LogP contribution in [-0.4, -0.2) is 50.3 Å². The van der Waals surface area contributed by atoms with Gasteiger partial charge in [-0.25, -0.2) is 4.39 Å². The van der Waals surface area contributed by atoms with Crippen LogP contribution in [0.25, 0.3) is 0 Å². The van der Waals surface area contributed by atoms with Gasteiger partial charge in [-0.3, -0.25) is 9.69 Å². The Morgan fingerprint density at radius 3 is 2.72 bits per heavy atom. The van der Waals surface area contributed by atoms with Crippen molar-refractivity contribution in [1.29, 1.82) is 0 Å². The van der Waals surface area contributed by atoms with Gasteiger partial charge in [0.15, 0.2) is 6.61 Å². The molecule has 1 unspecified atom stereocenters. The van der Waals surface area contributed by atoms with Crippen molar-refractivity contribution in [3.8, 4) is 5.75 Å². The molecule has 0 bridgehead atoms. The molecule has 5 nitrogen and oxygen atoms in total. The quantitative estimate of drug-likeness (QED) is 0.820. The van der Waals surface area contributed by atoms with Gasteiger partial charge in [0.05, 0.1) is 19.3 Å². The number of nitrogens with one attached hydrogen (secondary N) is 1. The molecule has 1 saturated heterocycles. The van der Waals surface area contributed by atoms with Gasteiger partial charge in [0, 0.05) is 24.5 Å². The van der Waals surface area contributed by atoms with Crippen LogP contribution in [0.5, 0.6) is 5.75 Å². The fraction of sp³-hybridized carbons (Fsp3) is 0.389. The number of carbonyl (C=O) groups is 1. The van der Waals surface area contributed by atoms with Crippen molar-refractivity contribution >= 4 is 17.2 Å². The highest BCUT2D eigenvalue weighted by Crippen LogP contribution is 2.25. The van der Waals surface area contributed by atoms with Gasteiger partial charge in [0.2, 0.25) is 0 Å². The number of nitrogens with zero attached hydrogens (tertiary/aromatic N) is 1. The first kappa shape index (κ1) is 17.8. The van der Waals surface area contributed by atoms with Crippen molar-refractivity contribution < 1.29 is 18.7 Å². The van der Waals surface area contributed by atoms with Crippen molar-refractivity contribution in [2.45, 2.75) is 6.04 Å². The van der Waals surface area contributed by atoms with Crippen LogP contribution in [0.2, 0.25) is 0 Å². The Balaban J connectivity index is 1.51. The van der Waals surface area contributed by atoms with E-state index in [-0.39, 0.29) is 24.4 Å². The molecule has 25 heavy (non-hydrogen) atoms. The maximum atomic E-state index is 12.9. The van der Waals surface area contributed by atoms with Crippen LogP contribution in [0.1, 0.15) is 10.9 Å². The van der Waals surface area contributed by atoms with Crippen LogP contribution in [0.3, 0.4) is 0 Å². The molecule has 0 radical (unpaired) electrons. The zero-order chi connectivity index (χ0) is 17.5. The molecule has 0 spiro atoms. The molecule has 7 heteroatoms. The van der Waals surface area contributed by atoms with Crippen molar-refractivity contribution in [1.82, 2.24) is 10.2 Å². The molecule has 1 aliphatic rings. The minimum Gasteiger partial charge on any atom is -0.484 e. The molecule has 3 rings (SSSR count). The van der Waals surface area contributed by atoms with Gasteiger partial charge in [-0.05, 0) is 35.7 Å². The number of halogens is 1. The first-order chi connectivity index (χ1) is 12.2. The molecular formula is C18H21FN2O3S. The van der Waals surface area contributed by atoms with E-state index in [1.54, 1.807) is 11.3 Å². The number of ether oxygens (including phenoxy) is 2. The minimum atomic E-state index is -0.332. The standard InChI is InChI=1S/C18H21FN2O3S/c19-14-3-5-15(6-4-14)24-13-18(22)20-12-16(17-2-1-11-25-17)21-7-9-23-10-8-21/h1-6,11,16H,7-10,12-13H2,(H,20,22). The van der Waals surface area contributed by atoms with E-state index in [4.69, 9.17) is 9.47 Å². The highest BCUT2D eigenvalue weighted by Gasteiger charge is 2.23. The third kappa shape index (κ3) is 5.26. The summed E-state index contributed by atoms with van der Waals surface area (Å²) in [4.78, 5) is 15.6. The summed E-state index contributed by atoms with van der Waals surface area (Å²) in [6.07, 6.45) is 0. The highest BCUT2D eigenvalue weighted by molar-refractivity contribution is 7.10. The maximum Gasteiger partial charge on any atom is 0.258 e. The number of hydrogen-bond donors (Lipinski definition) is 1. The molecule has 1 aliphatic heterocycles. The summed E-state index contributed by atoms with van der Waals surface area (Å²) in [7, 11) is 0. The number of rotatable bonds is 7. The Kier molecular flexibility index (Phi) is 6.38. The number of morpholine rings is 1. The molecule has 1 aromatic heterocycles. The topological polar surface area (TPSA) is 50.8 Å². The van der Waals surface area contributed by atoms with Gasteiger partial charge in [-0.1, -0.05) is 6.07 Å². The average Bonchev–Trinajstić information content (AvgIpc) is 3.17. The van der Waals surface area contributed by atoms with E-state index in [2.05, 4.69) is 16.3 Å². The van der Waals surface area contributed by atoms with Crippen LogP contribution >= 0.6 is 11.3 Å². The van der Waals surface area contributed by atoms with E-state index in [1.807, 2.05) is 11.4 Å². The first-order valence-corrected chi connectivity index (χ1v) is 9.10. The SMILES string of the molecule is O=C(COc1ccc(F)cc1)NCC(c1cccs1)N1CCOCC1. The lowest BCUT2D eigenvalue weighted by Gasteiger charge is -2.34. The summed E-state index contributed by atoms with van der Waals surface area (Å²) < 4.78 is 23.7. The summed E-state index contributed by atoms with van der Waals surface area (Å²) in [5.41, 5.74) is 0. The van der Waals surface area contributed by atoms with Gasteiger partial charge in [0.1, 0.15) is 11.6 Å². The third-order valence-electron chi connectivity index (χ3n) is 4.03. The van der Waals surface area contributed by atoms with Crippen LogP contribution in [0.4, 0.5) is 4.39 Å². The van der Waals surface area contributed by atoms with Crippen LogP contribution in [-0.2, 0) is 9.53 Å². The second-order valence-corrected chi connectivity index (χ2v) is 6.71. The molecule has 2 heterocycles. The fourth-order valence-electron chi connectivity index (χ4n) is 2.72. The van der Waals surface area contributed by atoms with E-state index >= 15 is 0 Å². The van der Waals surface area contributed by atoms with E-state index in [0.29, 0.717) is 25.5 Å². The van der Waals surface area contributed by atoms with Crippen molar-refractivity contribution in [3.05, 3.63) is 52.5 Å². The first-order valence-electron chi connectivity index (χ1n) is 8.22. The summed E-state index contributed by atoms with van der Waals surface area (Å²) >= 11 is 1.69. The van der Waals surface area contributed by atoms with Crippen LogP contribution in [0.15, 0.2) is 41.8 Å². The molecule has 1 atom stereocenters. The van der Waals surface area contributed by atoms with Gasteiger partial charge >= 0.3 is 0 Å². The highest BCUT2D eigenvalue weighted by atomic mass is 32.1. The van der Waals surface area contributed by atoms with Gasteiger partial charge in [-0.15, -0.1) is 11.3 Å². The van der Waals surface area contributed by atoms with Crippen molar-refractivity contribution in [2.75, 3.05) is 39.5 Å². The maximum absolute atomic E-state index is 12.9. The predicted octanol–water partition coefficient (Wildman–Crippen LogP) is 2.46. The fourth-order valence-corrected chi connectivity index (χ4v) is 3.58. The third-order valence-corrected chi connectivity index (χ3v) is 5.01. The largest absolute Gasteiger partial charge is 0.484 e. The Labute approximate surface area is 150 Å². The smallest absolute Gasteiger partial charge is 0.258 e. The van der Waals surface area contributed by atoms with Gasteiger partial charge in [0.25, 0.3) is 5.91 Å². The van der Waals surface area contributed by atoms with Gasteiger partial charge in [-0.2, -0.15) is 0 Å². The number of thiophene rings is 1. The molecular weight excluding hydrogens is 343 g/mol. The summed E-state index contributed by atoms with van der Waals surface area (Å²) in [5, 5.41) is 4.98. The Bertz CT molecular complexity index is 657. The van der Waals surface area contributed by atoms with E-state index in [1.165, 1.54) is 29.1 Å². The summed E-state index contributed by atoms with van der Waals surface area (Å²) in [6.45, 7) is 3.56. The minimum absolute atomic E-state index is 0.0914. The van der Waals surface area contributed by atoms with E-state index in [0.717, 1.165) is 13.1 Å². The molecule has 1 N–H and O–H groups in total. The summed E-state index contributed by atoms with van der Waals surface area (Å²) in [6, 6.07) is 9.87. The zero-order valence-electron chi connectivity index (χ0n) is 13.8. The predicted molar refractivity (Wildman–Crippen MR) is 94.4 cm³/mol. The Morgan fingerprint density at radius 2 is 2.04 bits per heavy atom. The molecule has 2 aromatic rings. The zero-order valence-corrected chi connectivity index (χ0v) is 14.6. The second-order valence-electron chi connectivity index (χ2n) is 5.73. The molecule has 1 aromatic carbocycles. The van der Waals surface area contributed by atoms with Crippen LogP contribution in [0, 0.1) is 5.82 Å². The van der Waals surface area contributed by atoms with Crippen molar-refractivity contribution in [2.24, 2.45) is 0 Å². The van der Waals surface area contributed by atoms with E-state index in [9.17, 15) is 9.18 Å². The molecule has 134 valence electrons. The molecule has 0 saturated carbocycles. The lowest BCUT2D eigenvalue weighted by atomic mass is 10.2. The number of carbonyl (C=O) groups excluding carboxylic acids is 1. The summed E-state index contributed by atoms with van der Waals surface area (Å²) in [5.74, 6) is -0.0558. The number of benzene rings is 1. The van der Waals surface area contributed by atoms with Gasteiger partial charge < -0.3 is 14.8 Å². The molecule has 1 amide bonds.